The predicted octanol–water partition coefficient (Wildman–Crippen LogP) is 2.83. The van der Waals surface area contributed by atoms with E-state index in [1.165, 1.54) is 6.07 Å². The van der Waals surface area contributed by atoms with Gasteiger partial charge >= 0.3 is 11.9 Å². The van der Waals surface area contributed by atoms with Crippen LogP contribution in [0.3, 0.4) is 0 Å². The number of ether oxygens (including phenoxy) is 1. The molecule has 1 aliphatic heterocycles. The summed E-state index contributed by atoms with van der Waals surface area (Å²) in [6.07, 6.45) is 1.79. The molecule has 0 amide bonds. The Morgan fingerprint density at radius 3 is 2.39 bits per heavy atom. The molecule has 1 aliphatic rings. The van der Waals surface area contributed by atoms with Crippen LogP contribution in [-0.4, -0.2) is 64.9 Å². The fraction of sp³-hybridized carbons (Fsp3) is 0.304. The number of methoxy groups -OCH3 is 1. The number of nitrogens with zero attached hydrogens (tertiary/aromatic N) is 3. The molecule has 3 aromatic rings. The van der Waals surface area contributed by atoms with E-state index in [0.717, 1.165) is 17.0 Å². The van der Waals surface area contributed by atoms with Gasteiger partial charge in [-0.1, -0.05) is 12.1 Å². The van der Waals surface area contributed by atoms with Gasteiger partial charge in [0.15, 0.2) is 0 Å². The van der Waals surface area contributed by atoms with Gasteiger partial charge in [0.25, 0.3) is 0 Å². The van der Waals surface area contributed by atoms with E-state index in [9.17, 15) is 19.8 Å². The highest BCUT2D eigenvalue weighted by atomic mass is 16.5. The second-order valence-corrected chi connectivity index (χ2v) is 7.67. The molecule has 0 saturated carbocycles. The fourth-order valence-electron chi connectivity index (χ4n) is 4.37. The standard InChI is InChI=1S/C23H25N3O5/c1-24-14-17(16-13-15(22(27)28)7-8-18(16)24)21(23(29)30)26-11-9-25(10-12-26)19-5-3-4-6-20(19)31-2/h3-8,13-14,21H,9-12H2,1-2H3,(H,27,28)(H,29,30). The van der Waals surface area contributed by atoms with Crippen molar-refractivity contribution in [3.63, 3.8) is 0 Å². The maximum absolute atomic E-state index is 12.3. The SMILES string of the molecule is COc1ccccc1N1CCN(C(C(=O)O)c2cn(C)c3ccc(C(=O)O)cc23)CC1. The lowest BCUT2D eigenvalue weighted by Crippen LogP contribution is -2.49. The molecule has 0 aliphatic carbocycles. The highest BCUT2D eigenvalue weighted by Gasteiger charge is 2.33. The second-order valence-electron chi connectivity index (χ2n) is 7.67. The lowest BCUT2D eigenvalue weighted by molar-refractivity contribution is -0.143. The highest BCUT2D eigenvalue weighted by molar-refractivity contribution is 5.96. The van der Waals surface area contributed by atoms with Crippen molar-refractivity contribution in [2.24, 2.45) is 7.05 Å². The van der Waals surface area contributed by atoms with Crippen molar-refractivity contribution in [1.29, 1.82) is 0 Å². The van der Waals surface area contributed by atoms with Crippen molar-refractivity contribution >= 4 is 28.5 Å². The monoisotopic (exact) mass is 423 g/mol. The number of aromatic carboxylic acids is 1. The number of benzene rings is 2. The fourth-order valence-corrected chi connectivity index (χ4v) is 4.37. The molecule has 2 aromatic carbocycles. The van der Waals surface area contributed by atoms with E-state index in [4.69, 9.17) is 4.74 Å². The van der Waals surface area contributed by atoms with Gasteiger partial charge in [-0.2, -0.15) is 0 Å². The van der Waals surface area contributed by atoms with E-state index in [-0.39, 0.29) is 5.56 Å². The summed E-state index contributed by atoms with van der Waals surface area (Å²) in [5, 5.41) is 20.1. The summed E-state index contributed by atoms with van der Waals surface area (Å²) in [6.45, 7) is 2.44. The molecule has 1 atom stereocenters. The van der Waals surface area contributed by atoms with E-state index < -0.39 is 18.0 Å². The first-order chi connectivity index (χ1) is 14.9. The summed E-state index contributed by atoms with van der Waals surface area (Å²) in [6, 6.07) is 11.8. The van der Waals surface area contributed by atoms with Crippen molar-refractivity contribution in [2.45, 2.75) is 6.04 Å². The second kappa shape index (κ2) is 8.31. The van der Waals surface area contributed by atoms with Crippen molar-refractivity contribution in [2.75, 3.05) is 38.2 Å². The lowest BCUT2D eigenvalue weighted by atomic mass is 10.0. The smallest absolute Gasteiger partial charge is 0.335 e. The number of aromatic nitrogens is 1. The number of carbonyl (C=O) groups is 2. The largest absolute Gasteiger partial charge is 0.495 e. The van der Waals surface area contributed by atoms with E-state index in [1.807, 2.05) is 40.8 Å². The van der Waals surface area contributed by atoms with Crippen molar-refractivity contribution < 1.29 is 24.5 Å². The molecule has 1 saturated heterocycles. The number of fused-ring (bicyclic) bond motifs is 1. The summed E-state index contributed by atoms with van der Waals surface area (Å²) in [5.41, 5.74) is 2.55. The van der Waals surface area contributed by atoms with Crippen LogP contribution in [-0.2, 0) is 11.8 Å². The van der Waals surface area contributed by atoms with E-state index >= 15 is 0 Å². The number of rotatable bonds is 6. The van der Waals surface area contributed by atoms with Gasteiger partial charge < -0.3 is 24.4 Å². The van der Waals surface area contributed by atoms with Gasteiger partial charge in [0.2, 0.25) is 0 Å². The Kier molecular flexibility index (Phi) is 5.56. The molecular weight excluding hydrogens is 398 g/mol. The Morgan fingerprint density at radius 1 is 1.03 bits per heavy atom. The van der Waals surface area contributed by atoms with Gasteiger partial charge in [0.05, 0.1) is 18.4 Å². The predicted molar refractivity (Wildman–Crippen MR) is 117 cm³/mol. The normalized spacial score (nSPS) is 15.7. The first-order valence-corrected chi connectivity index (χ1v) is 10.1. The number of aliphatic carboxylic acids is 1. The zero-order valence-electron chi connectivity index (χ0n) is 17.5. The van der Waals surface area contributed by atoms with E-state index in [0.29, 0.717) is 37.1 Å². The number of hydrogen-bond donors (Lipinski definition) is 2. The molecule has 4 rings (SSSR count). The van der Waals surface area contributed by atoms with Crippen LogP contribution in [0, 0.1) is 0 Å². The van der Waals surface area contributed by atoms with Crippen LogP contribution in [0.1, 0.15) is 22.0 Å². The minimum absolute atomic E-state index is 0.144. The number of para-hydroxylation sites is 2. The van der Waals surface area contributed by atoms with Crippen molar-refractivity contribution in [3.8, 4) is 5.75 Å². The number of hydrogen-bond acceptors (Lipinski definition) is 5. The van der Waals surface area contributed by atoms with Crippen molar-refractivity contribution in [1.82, 2.24) is 9.47 Å². The minimum atomic E-state index is -1.03. The first-order valence-electron chi connectivity index (χ1n) is 10.1. The maximum Gasteiger partial charge on any atom is 0.335 e. The van der Waals surface area contributed by atoms with Gasteiger partial charge in [-0.05, 0) is 30.3 Å². The Labute approximate surface area is 179 Å². The molecule has 31 heavy (non-hydrogen) atoms. The molecule has 1 unspecified atom stereocenters. The molecule has 2 N–H and O–H groups in total. The number of carboxylic acids is 2. The zero-order chi connectivity index (χ0) is 22.1. The number of carboxylic acid groups (broad SMARTS) is 2. The molecule has 0 radical (unpaired) electrons. The third-order valence-corrected chi connectivity index (χ3v) is 5.90. The molecule has 2 heterocycles. The van der Waals surface area contributed by atoms with Crippen LogP contribution in [0.15, 0.2) is 48.7 Å². The van der Waals surface area contributed by atoms with Crippen LogP contribution < -0.4 is 9.64 Å². The summed E-state index contributed by atoms with van der Waals surface area (Å²) in [5.74, 6) is -1.19. The molecule has 1 fully saturated rings. The third-order valence-electron chi connectivity index (χ3n) is 5.90. The summed E-state index contributed by atoms with van der Waals surface area (Å²) in [4.78, 5) is 27.9. The minimum Gasteiger partial charge on any atom is -0.495 e. The molecule has 8 heteroatoms. The summed E-state index contributed by atoms with van der Waals surface area (Å²) < 4.78 is 7.31. The number of piperazine rings is 1. The van der Waals surface area contributed by atoms with Crippen LogP contribution in [0.25, 0.3) is 10.9 Å². The average molecular weight is 423 g/mol. The van der Waals surface area contributed by atoms with Crippen LogP contribution >= 0.6 is 0 Å². The molecule has 0 bridgehead atoms. The third kappa shape index (κ3) is 3.82. The summed E-state index contributed by atoms with van der Waals surface area (Å²) in [7, 11) is 3.48. The maximum atomic E-state index is 12.3. The first kappa shape index (κ1) is 20.7. The topological polar surface area (TPSA) is 95.2 Å². The highest BCUT2D eigenvalue weighted by Crippen LogP contribution is 2.33. The van der Waals surface area contributed by atoms with Crippen LogP contribution in [0.5, 0.6) is 5.75 Å². The molecule has 1 aromatic heterocycles. The Bertz CT molecular complexity index is 1130. The van der Waals surface area contributed by atoms with Gasteiger partial charge in [-0.25, -0.2) is 4.79 Å². The quantitative estimate of drug-likeness (QED) is 0.629. The van der Waals surface area contributed by atoms with Crippen molar-refractivity contribution in [3.05, 3.63) is 59.8 Å². The molecule has 8 nitrogen and oxygen atoms in total. The van der Waals surface area contributed by atoms with Gasteiger partial charge in [0.1, 0.15) is 11.8 Å². The van der Waals surface area contributed by atoms with Crippen LogP contribution in [0.4, 0.5) is 5.69 Å². The van der Waals surface area contributed by atoms with Gasteiger partial charge in [0, 0.05) is 55.9 Å². The Hall–Kier alpha value is -3.52. The molecular formula is C23H25N3O5. The zero-order valence-corrected chi connectivity index (χ0v) is 17.5. The van der Waals surface area contributed by atoms with E-state index in [1.54, 1.807) is 25.4 Å². The summed E-state index contributed by atoms with van der Waals surface area (Å²) >= 11 is 0. The number of anilines is 1. The lowest BCUT2D eigenvalue weighted by Gasteiger charge is -2.39. The van der Waals surface area contributed by atoms with Gasteiger partial charge in [-0.3, -0.25) is 9.69 Å². The molecule has 0 spiro atoms. The molecule has 162 valence electrons. The Balaban J connectivity index is 1.63. The van der Waals surface area contributed by atoms with E-state index in [2.05, 4.69) is 4.90 Å². The van der Waals surface area contributed by atoms with Gasteiger partial charge in [-0.15, -0.1) is 0 Å². The average Bonchev–Trinajstić information content (AvgIpc) is 3.09. The Morgan fingerprint density at radius 2 is 1.74 bits per heavy atom. The van der Waals surface area contributed by atoms with Crippen LogP contribution in [0.2, 0.25) is 0 Å². The number of aryl methyl sites for hydroxylation is 1.